The van der Waals surface area contributed by atoms with Crippen molar-refractivity contribution >= 4 is 12.0 Å². The van der Waals surface area contributed by atoms with Gasteiger partial charge in [0.1, 0.15) is 0 Å². The lowest BCUT2D eigenvalue weighted by molar-refractivity contribution is -0.141. The SMILES string of the molecule is CCCCCN(C)C(=O)NCCCC(C)C(=O)O. The molecule has 0 spiro atoms. The molecule has 18 heavy (non-hydrogen) atoms. The summed E-state index contributed by atoms with van der Waals surface area (Å²) in [6, 6.07) is -0.0749. The van der Waals surface area contributed by atoms with Gasteiger partial charge < -0.3 is 15.3 Å². The lowest BCUT2D eigenvalue weighted by Gasteiger charge is -2.17. The molecule has 0 radical (unpaired) electrons. The van der Waals surface area contributed by atoms with Crippen molar-refractivity contribution in [3.05, 3.63) is 0 Å². The van der Waals surface area contributed by atoms with Gasteiger partial charge in [-0.05, 0) is 19.3 Å². The molecular weight excluding hydrogens is 232 g/mol. The fourth-order valence-electron chi connectivity index (χ4n) is 1.56. The molecule has 0 aliphatic rings. The second-order valence-corrected chi connectivity index (χ2v) is 4.74. The number of aliphatic carboxylic acids is 1. The highest BCUT2D eigenvalue weighted by atomic mass is 16.4. The first-order chi connectivity index (χ1) is 8.49. The number of rotatable bonds is 9. The molecule has 5 nitrogen and oxygen atoms in total. The van der Waals surface area contributed by atoms with E-state index in [1.54, 1.807) is 18.9 Å². The number of amides is 2. The van der Waals surface area contributed by atoms with Crippen LogP contribution < -0.4 is 5.32 Å². The van der Waals surface area contributed by atoms with E-state index in [1.165, 1.54) is 0 Å². The fraction of sp³-hybridized carbons (Fsp3) is 0.846. The molecule has 0 heterocycles. The highest BCUT2D eigenvalue weighted by Gasteiger charge is 2.11. The van der Waals surface area contributed by atoms with Crippen LogP contribution in [-0.4, -0.2) is 42.1 Å². The molecule has 0 aromatic heterocycles. The van der Waals surface area contributed by atoms with Crippen LogP contribution in [0, 0.1) is 5.92 Å². The minimum Gasteiger partial charge on any atom is -0.481 e. The zero-order valence-corrected chi connectivity index (χ0v) is 11.7. The third-order valence-electron chi connectivity index (χ3n) is 2.96. The summed E-state index contributed by atoms with van der Waals surface area (Å²) < 4.78 is 0. The van der Waals surface area contributed by atoms with Gasteiger partial charge in [-0.15, -0.1) is 0 Å². The van der Waals surface area contributed by atoms with Gasteiger partial charge >= 0.3 is 12.0 Å². The Labute approximate surface area is 110 Å². The van der Waals surface area contributed by atoms with Gasteiger partial charge in [0.2, 0.25) is 0 Å². The normalized spacial score (nSPS) is 11.9. The second kappa shape index (κ2) is 9.74. The molecule has 0 aromatic carbocycles. The number of unbranched alkanes of at least 4 members (excludes halogenated alkanes) is 2. The van der Waals surface area contributed by atoms with Crippen molar-refractivity contribution in [2.45, 2.75) is 46.0 Å². The van der Waals surface area contributed by atoms with Crippen molar-refractivity contribution in [1.29, 1.82) is 0 Å². The molecule has 2 N–H and O–H groups in total. The van der Waals surface area contributed by atoms with E-state index in [1.807, 2.05) is 0 Å². The minimum absolute atomic E-state index is 0.0749. The number of carboxylic acids is 1. The Hall–Kier alpha value is -1.26. The molecule has 106 valence electrons. The molecule has 0 saturated heterocycles. The van der Waals surface area contributed by atoms with Gasteiger partial charge in [0.05, 0.1) is 5.92 Å². The van der Waals surface area contributed by atoms with Crippen LogP contribution in [0.15, 0.2) is 0 Å². The summed E-state index contributed by atoms with van der Waals surface area (Å²) in [6.45, 7) is 5.12. The molecule has 1 atom stereocenters. The van der Waals surface area contributed by atoms with Crippen LogP contribution in [0.5, 0.6) is 0 Å². The topological polar surface area (TPSA) is 69.6 Å². The third-order valence-corrected chi connectivity index (χ3v) is 2.96. The van der Waals surface area contributed by atoms with E-state index >= 15 is 0 Å². The van der Waals surface area contributed by atoms with E-state index in [-0.39, 0.29) is 11.9 Å². The first kappa shape index (κ1) is 16.7. The summed E-state index contributed by atoms with van der Waals surface area (Å²) in [4.78, 5) is 23.9. The molecular formula is C13H26N2O3. The molecule has 0 aliphatic carbocycles. The maximum atomic E-state index is 11.6. The average Bonchev–Trinajstić information content (AvgIpc) is 2.33. The van der Waals surface area contributed by atoms with Gasteiger partial charge in [-0.2, -0.15) is 0 Å². The van der Waals surface area contributed by atoms with E-state index in [9.17, 15) is 9.59 Å². The van der Waals surface area contributed by atoms with Crippen LogP contribution in [-0.2, 0) is 4.79 Å². The number of carbonyl (C=O) groups is 2. The third kappa shape index (κ3) is 7.92. The summed E-state index contributed by atoms with van der Waals surface area (Å²) in [5.74, 6) is -1.12. The van der Waals surface area contributed by atoms with Crippen LogP contribution in [0.25, 0.3) is 0 Å². The second-order valence-electron chi connectivity index (χ2n) is 4.74. The van der Waals surface area contributed by atoms with E-state index in [4.69, 9.17) is 5.11 Å². The van der Waals surface area contributed by atoms with Crippen LogP contribution in [0.3, 0.4) is 0 Å². The van der Waals surface area contributed by atoms with E-state index in [2.05, 4.69) is 12.2 Å². The standard InChI is InChI=1S/C13H26N2O3/c1-4-5-6-10-15(3)13(18)14-9-7-8-11(2)12(16)17/h11H,4-10H2,1-3H3,(H,14,18)(H,16,17). The largest absolute Gasteiger partial charge is 0.481 e. The van der Waals surface area contributed by atoms with Gasteiger partial charge in [0.15, 0.2) is 0 Å². The molecule has 0 aliphatic heterocycles. The highest BCUT2D eigenvalue weighted by Crippen LogP contribution is 2.04. The van der Waals surface area contributed by atoms with Crippen LogP contribution in [0.2, 0.25) is 0 Å². The van der Waals surface area contributed by atoms with Crippen molar-refractivity contribution in [2.75, 3.05) is 20.1 Å². The molecule has 1 unspecified atom stereocenters. The molecule has 0 bridgehead atoms. The maximum Gasteiger partial charge on any atom is 0.317 e. The molecule has 0 fully saturated rings. The Morgan fingerprint density at radius 3 is 2.50 bits per heavy atom. The zero-order chi connectivity index (χ0) is 14.0. The number of hydrogen-bond acceptors (Lipinski definition) is 2. The smallest absolute Gasteiger partial charge is 0.317 e. The predicted octanol–water partition coefficient (Wildman–Crippen LogP) is 2.32. The van der Waals surface area contributed by atoms with Crippen molar-refractivity contribution < 1.29 is 14.7 Å². The summed E-state index contributed by atoms with van der Waals surface area (Å²) in [5.41, 5.74) is 0. The zero-order valence-electron chi connectivity index (χ0n) is 11.7. The number of urea groups is 1. The Morgan fingerprint density at radius 2 is 1.94 bits per heavy atom. The van der Waals surface area contributed by atoms with Crippen molar-refractivity contribution in [2.24, 2.45) is 5.92 Å². The van der Waals surface area contributed by atoms with E-state index < -0.39 is 5.97 Å². The van der Waals surface area contributed by atoms with Gasteiger partial charge in [0, 0.05) is 20.1 Å². The minimum atomic E-state index is -0.780. The quantitative estimate of drug-likeness (QED) is 0.623. The summed E-state index contributed by atoms with van der Waals surface area (Å²) in [6.07, 6.45) is 4.59. The number of nitrogens with one attached hydrogen (secondary N) is 1. The number of nitrogens with zero attached hydrogens (tertiary/aromatic N) is 1. The molecule has 0 saturated carbocycles. The average molecular weight is 258 g/mol. The number of carbonyl (C=O) groups excluding carboxylic acids is 1. The number of carboxylic acid groups (broad SMARTS) is 1. The molecule has 0 rings (SSSR count). The molecule has 5 heteroatoms. The van der Waals surface area contributed by atoms with Crippen LogP contribution in [0.1, 0.15) is 46.0 Å². The first-order valence-electron chi connectivity index (χ1n) is 6.70. The van der Waals surface area contributed by atoms with Gasteiger partial charge in [-0.25, -0.2) is 4.79 Å². The Balaban J connectivity index is 3.60. The van der Waals surface area contributed by atoms with Crippen molar-refractivity contribution in [1.82, 2.24) is 10.2 Å². The van der Waals surface area contributed by atoms with Gasteiger partial charge in [0.25, 0.3) is 0 Å². The first-order valence-corrected chi connectivity index (χ1v) is 6.70. The predicted molar refractivity (Wildman–Crippen MR) is 71.6 cm³/mol. The Morgan fingerprint density at radius 1 is 1.28 bits per heavy atom. The van der Waals surface area contributed by atoms with Crippen molar-refractivity contribution in [3.63, 3.8) is 0 Å². The Kier molecular flexibility index (Phi) is 9.06. The lowest BCUT2D eigenvalue weighted by Crippen LogP contribution is -2.38. The molecule has 2 amide bonds. The van der Waals surface area contributed by atoms with Crippen molar-refractivity contribution in [3.8, 4) is 0 Å². The molecule has 0 aromatic rings. The monoisotopic (exact) mass is 258 g/mol. The number of hydrogen-bond donors (Lipinski definition) is 2. The van der Waals surface area contributed by atoms with E-state index in [0.717, 1.165) is 25.8 Å². The van der Waals surface area contributed by atoms with Gasteiger partial charge in [-0.3, -0.25) is 4.79 Å². The van der Waals surface area contributed by atoms with Crippen LogP contribution in [0.4, 0.5) is 4.79 Å². The van der Waals surface area contributed by atoms with Gasteiger partial charge in [-0.1, -0.05) is 26.7 Å². The maximum absolute atomic E-state index is 11.6. The summed E-state index contributed by atoms with van der Waals surface area (Å²) >= 11 is 0. The highest BCUT2D eigenvalue weighted by molar-refractivity contribution is 5.73. The van der Waals surface area contributed by atoms with Crippen LogP contribution >= 0.6 is 0 Å². The summed E-state index contributed by atoms with van der Waals surface area (Å²) in [5, 5.41) is 11.5. The lowest BCUT2D eigenvalue weighted by atomic mass is 10.1. The van der Waals surface area contributed by atoms with E-state index in [0.29, 0.717) is 19.4 Å². The Bertz CT molecular complexity index is 257. The summed E-state index contributed by atoms with van der Waals surface area (Å²) in [7, 11) is 1.78. The fourth-order valence-corrected chi connectivity index (χ4v) is 1.56.